The molecule has 0 saturated heterocycles. The minimum absolute atomic E-state index is 0.0413. The number of thiophene rings is 1. The predicted molar refractivity (Wildman–Crippen MR) is 137 cm³/mol. The third-order valence-corrected chi connectivity index (χ3v) is 7.60. The van der Waals surface area contributed by atoms with Crippen molar-refractivity contribution in [2.75, 3.05) is 19.7 Å². The molecule has 0 aliphatic carbocycles. The van der Waals surface area contributed by atoms with E-state index >= 15 is 0 Å². The molecule has 2 amide bonds. The topological polar surface area (TPSA) is 49.9 Å². The molecule has 0 saturated carbocycles. The summed E-state index contributed by atoms with van der Waals surface area (Å²) in [7, 11) is 0. The predicted octanol–water partition coefficient (Wildman–Crippen LogP) is 5.85. The third kappa shape index (κ3) is 5.45. The zero-order valence-electron chi connectivity index (χ0n) is 19.4. The Kier molecular flexibility index (Phi) is 7.91. The highest BCUT2D eigenvalue weighted by atomic mass is 35.5. The van der Waals surface area contributed by atoms with Crippen LogP contribution in [0.5, 0.6) is 5.75 Å². The van der Waals surface area contributed by atoms with E-state index in [1.54, 1.807) is 40.5 Å². The molecule has 3 aromatic rings. The van der Waals surface area contributed by atoms with Crippen LogP contribution in [0.1, 0.15) is 47.1 Å². The molecule has 7 heteroatoms. The lowest BCUT2D eigenvalue weighted by Crippen LogP contribution is -2.49. The third-order valence-electron chi connectivity index (χ3n) is 6.35. The maximum Gasteiger partial charge on any atom is 0.254 e. The minimum atomic E-state index is -0.205. The van der Waals surface area contributed by atoms with Crippen LogP contribution in [0.3, 0.4) is 0 Å². The van der Waals surface area contributed by atoms with E-state index < -0.39 is 0 Å². The Hall–Kier alpha value is -2.83. The molecule has 2 heterocycles. The molecular formula is C27H29ClN2O3S. The first-order valence-corrected chi connectivity index (χ1v) is 12.8. The standard InChI is InChI=1S/C27H29ClN2O3S/c1-3-19(2)30(27(32)20-7-5-4-6-8-20)17-26(31)29-15-13-25-23(14-16-34-25)24(29)18-33-22-11-9-21(28)10-12-22/h4-12,14,16,19,24H,3,13,15,17-18H2,1-2H3/t19-,24-/m1/s1. The molecule has 0 radical (unpaired) electrons. The van der Waals surface area contributed by atoms with Gasteiger partial charge in [0, 0.05) is 28.0 Å². The van der Waals surface area contributed by atoms with Gasteiger partial charge in [0.15, 0.2) is 0 Å². The smallest absolute Gasteiger partial charge is 0.254 e. The second kappa shape index (κ2) is 11.1. The first-order valence-electron chi connectivity index (χ1n) is 11.6. The van der Waals surface area contributed by atoms with Gasteiger partial charge in [0.2, 0.25) is 5.91 Å². The van der Waals surface area contributed by atoms with Gasteiger partial charge in [-0.1, -0.05) is 36.7 Å². The summed E-state index contributed by atoms with van der Waals surface area (Å²) in [5, 5.41) is 2.72. The number of benzene rings is 2. The molecule has 0 unspecified atom stereocenters. The maximum atomic E-state index is 13.6. The molecule has 1 aliphatic rings. The largest absolute Gasteiger partial charge is 0.491 e. The van der Waals surface area contributed by atoms with Crippen LogP contribution in [0.15, 0.2) is 66.0 Å². The highest BCUT2D eigenvalue weighted by Gasteiger charge is 2.34. The Morgan fingerprint density at radius 1 is 1.15 bits per heavy atom. The monoisotopic (exact) mass is 496 g/mol. The number of halogens is 1. The fourth-order valence-electron chi connectivity index (χ4n) is 4.21. The Balaban J connectivity index is 1.54. The molecule has 2 atom stereocenters. The molecule has 0 N–H and O–H groups in total. The number of hydrogen-bond donors (Lipinski definition) is 0. The summed E-state index contributed by atoms with van der Waals surface area (Å²) in [5.74, 6) is 0.524. The van der Waals surface area contributed by atoms with Crippen LogP contribution in [0, 0.1) is 0 Å². The molecule has 2 aromatic carbocycles. The number of carbonyl (C=O) groups excluding carboxylic acids is 2. The van der Waals surface area contributed by atoms with Crippen molar-refractivity contribution >= 4 is 34.8 Å². The summed E-state index contributed by atoms with van der Waals surface area (Å²) >= 11 is 7.71. The number of rotatable bonds is 8. The average molecular weight is 497 g/mol. The van der Waals surface area contributed by atoms with Crippen molar-refractivity contribution in [1.29, 1.82) is 0 Å². The fraction of sp³-hybridized carbons (Fsp3) is 0.333. The van der Waals surface area contributed by atoms with Crippen LogP contribution in [0.2, 0.25) is 5.02 Å². The average Bonchev–Trinajstić information content (AvgIpc) is 3.35. The number of ether oxygens (including phenoxy) is 1. The van der Waals surface area contributed by atoms with Crippen LogP contribution in [0.4, 0.5) is 0 Å². The molecule has 0 bridgehead atoms. The van der Waals surface area contributed by atoms with E-state index in [0.29, 0.717) is 29.5 Å². The molecule has 1 aliphatic heterocycles. The van der Waals surface area contributed by atoms with Crippen molar-refractivity contribution in [2.45, 2.75) is 38.8 Å². The van der Waals surface area contributed by atoms with Crippen LogP contribution < -0.4 is 4.74 Å². The van der Waals surface area contributed by atoms with E-state index in [9.17, 15) is 9.59 Å². The van der Waals surface area contributed by atoms with Crippen LogP contribution >= 0.6 is 22.9 Å². The Morgan fingerprint density at radius 2 is 1.88 bits per heavy atom. The zero-order chi connectivity index (χ0) is 24.1. The van der Waals surface area contributed by atoms with Crippen molar-refractivity contribution in [3.05, 3.63) is 87.1 Å². The SMILES string of the molecule is CC[C@@H](C)N(CC(=O)N1CCc2sccc2[C@H]1COc1ccc(Cl)cc1)C(=O)c1ccccc1. The minimum Gasteiger partial charge on any atom is -0.491 e. The van der Waals surface area contributed by atoms with Crippen LogP contribution in [0.25, 0.3) is 0 Å². The summed E-state index contributed by atoms with van der Waals surface area (Å²) in [6.45, 7) is 5.01. The molecular weight excluding hydrogens is 468 g/mol. The number of hydrogen-bond acceptors (Lipinski definition) is 4. The lowest BCUT2D eigenvalue weighted by atomic mass is 10.00. The van der Waals surface area contributed by atoms with E-state index in [1.807, 2.05) is 49.1 Å². The number of amides is 2. The van der Waals surface area contributed by atoms with Crippen molar-refractivity contribution in [3.8, 4) is 5.75 Å². The van der Waals surface area contributed by atoms with Gasteiger partial charge in [0.1, 0.15) is 18.9 Å². The normalized spacial score (nSPS) is 16.0. The summed E-state index contributed by atoms with van der Waals surface area (Å²) in [6.07, 6.45) is 1.58. The molecule has 4 rings (SSSR count). The molecule has 1 aromatic heterocycles. The van der Waals surface area contributed by atoms with Gasteiger partial charge in [0.25, 0.3) is 5.91 Å². The van der Waals surface area contributed by atoms with Gasteiger partial charge in [-0.3, -0.25) is 9.59 Å². The highest BCUT2D eigenvalue weighted by molar-refractivity contribution is 7.10. The van der Waals surface area contributed by atoms with Gasteiger partial charge in [-0.25, -0.2) is 0 Å². The second-order valence-corrected chi connectivity index (χ2v) is 9.91. The van der Waals surface area contributed by atoms with E-state index in [4.69, 9.17) is 16.3 Å². The number of nitrogens with zero attached hydrogens (tertiary/aromatic N) is 2. The lowest BCUT2D eigenvalue weighted by molar-refractivity contribution is -0.136. The summed E-state index contributed by atoms with van der Waals surface area (Å²) in [6, 6.07) is 18.2. The Bertz CT molecular complexity index is 1120. The fourth-order valence-corrected chi connectivity index (χ4v) is 5.27. The zero-order valence-corrected chi connectivity index (χ0v) is 21.0. The number of fused-ring (bicyclic) bond motifs is 1. The molecule has 178 valence electrons. The Labute approximate surface area is 209 Å². The molecule has 34 heavy (non-hydrogen) atoms. The van der Waals surface area contributed by atoms with Gasteiger partial charge in [-0.05, 0) is 73.2 Å². The van der Waals surface area contributed by atoms with E-state index in [1.165, 1.54) is 4.88 Å². The van der Waals surface area contributed by atoms with Gasteiger partial charge < -0.3 is 14.5 Å². The van der Waals surface area contributed by atoms with Crippen molar-refractivity contribution in [2.24, 2.45) is 0 Å². The first kappa shape index (κ1) is 24.3. The number of carbonyl (C=O) groups is 2. The highest BCUT2D eigenvalue weighted by Crippen LogP contribution is 2.34. The maximum absolute atomic E-state index is 13.6. The van der Waals surface area contributed by atoms with Gasteiger partial charge in [-0.2, -0.15) is 0 Å². The lowest BCUT2D eigenvalue weighted by Gasteiger charge is -2.38. The van der Waals surface area contributed by atoms with Crippen molar-refractivity contribution < 1.29 is 14.3 Å². The molecule has 0 fully saturated rings. The summed E-state index contributed by atoms with van der Waals surface area (Å²) in [4.78, 5) is 31.7. The van der Waals surface area contributed by atoms with Gasteiger partial charge >= 0.3 is 0 Å². The van der Waals surface area contributed by atoms with E-state index in [0.717, 1.165) is 18.4 Å². The molecule has 5 nitrogen and oxygen atoms in total. The van der Waals surface area contributed by atoms with Gasteiger partial charge in [-0.15, -0.1) is 11.3 Å². The van der Waals surface area contributed by atoms with E-state index in [2.05, 4.69) is 11.4 Å². The first-order chi connectivity index (χ1) is 16.5. The second-order valence-electron chi connectivity index (χ2n) is 8.47. The summed E-state index contributed by atoms with van der Waals surface area (Å²) < 4.78 is 6.07. The van der Waals surface area contributed by atoms with Crippen molar-refractivity contribution in [1.82, 2.24) is 9.80 Å². The van der Waals surface area contributed by atoms with E-state index in [-0.39, 0.29) is 30.4 Å². The Morgan fingerprint density at radius 3 is 2.59 bits per heavy atom. The van der Waals surface area contributed by atoms with Crippen molar-refractivity contribution in [3.63, 3.8) is 0 Å². The molecule has 0 spiro atoms. The summed E-state index contributed by atoms with van der Waals surface area (Å²) in [5.41, 5.74) is 1.72. The van der Waals surface area contributed by atoms with Crippen LogP contribution in [-0.4, -0.2) is 47.4 Å². The van der Waals surface area contributed by atoms with Gasteiger partial charge in [0.05, 0.1) is 6.04 Å². The van der Waals surface area contributed by atoms with Crippen LogP contribution in [-0.2, 0) is 11.2 Å². The quantitative estimate of drug-likeness (QED) is 0.393.